The Hall–Kier alpha value is -2.86. The van der Waals surface area contributed by atoms with Crippen LogP contribution in [0, 0.1) is 11.8 Å². The lowest BCUT2D eigenvalue weighted by Crippen LogP contribution is -2.32. The first-order valence-electron chi connectivity index (χ1n) is 13.7. The van der Waals surface area contributed by atoms with Gasteiger partial charge in [-0.3, -0.25) is 0 Å². The van der Waals surface area contributed by atoms with E-state index in [-0.39, 0.29) is 13.2 Å². The van der Waals surface area contributed by atoms with Crippen molar-refractivity contribution in [3.8, 4) is 11.1 Å². The zero-order valence-corrected chi connectivity index (χ0v) is 22.8. The van der Waals surface area contributed by atoms with Crippen molar-refractivity contribution in [2.24, 2.45) is 11.8 Å². The fourth-order valence-corrected chi connectivity index (χ4v) is 3.88. The van der Waals surface area contributed by atoms with Crippen LogP contribution in [0.25, 0.3) is 11.1 Å². The van der Waals surface area contributed by atoms with Crippen LogP contribution >= 0.6 is 0 Å². The summed E-state index contributed by atoms with van der Waals surface area (Å²) < 4.78 is 42.7. The molecule has 40 heavy (non-hydrogen) atoms. The minimum absolute atomic E-state index is 0.158. The van der Waals surface area contributed by atoms with Crippen molar-refractivity contribution in [2.75, 3.05) is 92.5 Å². The van der Waals surface area contributed by atoms with Crippen LogP contribution in [0.4, 0.5) is 0 Å². The van der Waals surface area contributed by atoms with Gasteiger partial charge < -0.3 is 37.9 Å². The Kier molecular flexibility index (Phi) is 12.8. The number of hydrogen-bond acceptors (Lipinski definition) is 10. The number of hydrogen-bond donors (Lipinski definition) is 0. The lowest BCUT2D eigenvalue weighted by Gasteiger charge is -2.25. The zero-order valence-electron chi connectivity index (χ0n) is 22.8. The van der Waals surface area contributed by atoms with Gasteiger partial charge in [0.05, 0.1) is 90.4 Å². The normalized spacial score (nSPS) is 15.3. The fraction of sp³-hybridized carbons (Fsp3) is 0.533. The highest BCUT2D eigenvalue weighted by Crippen LogP contribution is 2.22. The molecule has 10 heteroatoms. The summed E-state index contributed by atoms with van der Waals surface area (Å²) in [6.45, 7) is 7.28. The van der Waals surface area contributed by atoms with Crippen LogP contribution in [0.15, 0.2) is 48.5 Å². The van der Waals surface area contributed by atoms with E-state index in [1.165, 1.54) is 0 Å². The molecule has 0 atom stereocenters. The quantitative estimate of drug-likeness (QED) is 0.189. The lowest BCUT2D eigenvalue weighted by molar-refractivity contribution is -0.0782. The first kappa shape index (κ1) is 30.1. The highest BCUT2D eigenvalue weighted by atomic mass is 16.6. The van der Waals surface area contributed by atoms with Crippen LogP contribution in [-0.4, -0.2) is 104 Å². The fourth-order valence-electron chi connectivity index (χ4n) is 3.88. The molecule has 2 aromatic rings. The standard InChI is InChI=1S/C30H38O10/c31-29(39-14-12-33-8-10-35-17-23-19-37-20-23)26-6-4-25(5-7-26)27-2-1-3-28(16-27)30(32)40-15-13-34-9-11-36-18-24-21-38-22-24/h1-7,16,23-24H,8-15,17-22H2. The Bertz CT molecular complexity index is 1030. The molecule has 4 rings (SSSR count). The highest BCUT2D eigenvalue weighted by Gasteiger charge is 2.18. The van der Waals surface area contributed by atoms with E-state index in [4.69, 9.17) is 37.9 Å². The van der Waals surface area contributed by atoms with Crippen LogP contribution in [0.1, 0.15) is 20.7 Å². The first-order valence-corrected chi connectivity index (χ1v) is 13.7. The maximum Gasteiger partial charge on any atom is 0.338 e. The molecule has 0 spiro atoms. The molecule has 0 amide bonds. The monoisotopic (exact) mass is 558 g/mol. The third-order valence-electron chi connectivity index (χ3n) is 6.34. The largest absolute Gasteiger partial charge is 0.460 e. The smallest absolute Gasteiger partial charge is 0.338 e. The Morgan fingerprint density at radius 2 is 1.07 bits per heavy atom. The predicted molar refractivity (Wildman–Crippen MR) is 144 cm³/mol. The number of benzene rings is 2. The summed E-state index contributed by atoms with van der Waals surface area (Å²) in [5, 5.41) is 0. The van der Waals surface area contributed by atoms with Gasteiger partial charge in [-0.25, -0.2) is 9.59 Å². The van der Waals surface area contributed by atoms with Gasteiger partial charge in [-0.2, -0.15) is 0 Å². The second-order valence-corrected chi connectivity index (χ2v) is 9.61. The van der Waals surface area contributed by atoms with E-state index in [9.17, 15) is 9.59 Å². The number of ether oxygens (including phenoxy) is 8. The van der Waals surface area contributed by atoms with Crippen LogP contribution in [0.3, 0.4) is 0 Å². The summed E-state index contributed by atoms with van der Waals surface area (Å²) >= 11 is 0. The first-order chi connectivity index (χ1) is 19.7. The molecule has 0 bridgehead atoms. The Labute approximate surface area is 234 Å². The summed E-state index contributed by atoms with van der Waals surface area (Å²) in [6.07, 6.45) is 0. The van der Waals surface area contributed by atoms with Crippen LogP contribution in [-0.2, 0) is 37.9 Å². The lowest BCUT2D eigenvalue weighted by atomic mass is 10.0. The van der Waals surface area contributed by atoms with Gasteiger partial charge in [-0.05, 0) is 35.4 Å². The number of carbonyl (C=O) groups excluding carboxylic acids is 2. The van der Waals surface area contributed by atoms with Crippen LogP contribution < -0.4 is 0 Å². The molecular formula is C30H38O10. The Balaban J connectivity index is 1.09. The minimum atomic E-state index is -0.423. The van der Waals surface area contributed by atoms with E-state index < -0.39 is 11.9 Å². The van der Waals surface area contributed by atoms with Crippen molar-refractivity contribution in [2.45, 2.75) is 0 Å². The highest BCUT2D eigenvalue weighted by molar-refractivity contribution is 5.92. The minimum Gasteiger partial charge on any atom is -0.460 e. The summed E-state index contributed by atoms with van der Waals surface area (Å²) in [5.74, 6) is 0.150. The third kappa shape index (κ3) is 10.3. The molecule has 2 fully saturated rings. The topological polar surface area (TPSA) is 108 Å². The van der Waals surface area contributed by atoms with Crippen molar-refractivity contribution in [3.63, 3.8) is 0 Å². The number of esters is 2. The molecule has 10 nitrogen and oxygen atoms in total. The molecule has 0 radical (unpaired) electrons. The van der Waals surface area contributed by atoms with E-state index in [0.717, 1.165) is 37.6 Å². The van der Waals surface area contributed by atoms with Gasteiger partial charge in [0.2, 0.25) is 0 Å². The number of carbonyl (C=O) groups is 2. The van der Waals surface area contributed by atoms with E-state index in [2.05, 4.69) is 0 Å². The maximum absolute atomic E-state index is 12.5. The van der Waals surface area contributed by atoms with Gasteiger partial charge in [0, 0.05) is 11.8 Å². The average Bonchev–Trinajstić information content (AvgIpc) is 2.93. The molecule has 0 saturated carbocycles. The molecule has 0 aromatic heterocycles. The van der Waals surface area contributed by atoms with Gasteiger partial charge in [0.1, 0.15) is 13.2 Å². The second-order valence-electron chi connectivity index (χ2n) is 9.61. The zero-order chi connectivity index (χ0) is 27.8. The van der Waals surface area contributed by atoms with Gasteiger partial charge >= 0.3 is 11.9 Å². The maximum atomic E-state index is 12.5. The van der Waals surface area contributed by atoms with E-state index in [1.54, 1.807) is 30.3 Å². The van der Waals surface area contributed by atoms with Crippen molar-refractivity contribution in [1.29, 1.82) is 0 Å². The van der Waals surface area contributed by atoms with Gasteiger partial charge in [-0.1, -0.05) is 24.3 Å². The van der Waals surface area contributed by atoms with Crippen molar-refractivity contribution in [1.82, 2.24) is 0 Å². The van der Waals surface area contributed by atoms with E-state index in [1.807, 2.05) is 18.2 Å². The molecule has 218 valence electrons. The SMILES string of the molecule is O=C(OCCOCCOCC1COC1)c1ccc(-c2cccc(C(=O)OCCOCCOCC3COC3)c2)cc1. The molecule has 2 saturated heterocycles. The third-order valence-corrected chi connectivity index (χ3v) is 6.34. The van der Waals surface area contributed by atoms with Gasteiger partial charge in [-0.15, -0.1) is 0 Å². The molecular weight excluding hydrogens is 520 g/mol. The molecule has 2 aliphatic rings. The summed E-state index contributed by atoms with van der Waals surface area (Å²) in [7, 11) is 0. The second kappa shape index (κ2) is 17.1. The Morgan fingerprint density at radius 1 is 0.575 bits per heavy atom. The molecule has 0 aliphatic carbocycles. The summed E-state index contributed by atoms with van der Waals surface area (Å²) in [4.78, 5) is 24.8. The van der Waals surface area contributed by atoms with Crippen molar-refractivity contribution < 1.29 is 47.5 Å². The molecule has 0 N–H and O–H groups in total. The van der Waals surface area contributed by atoms with Gasteiger partial charge in [0.15, 0.2) is 0 Å². The Morgan fingerprint density at radius 3 is 1.60 bits per heavy atom. The van der Waals surface area contributed by atoms with E-state index >= 15 is 0 Å². The molecule has 0 unspecified atom stereocenters. The molecule has 2 aliphatic heterocycles. The van der Waals surface area contributed by atoms with Crippen molar-refractivity contribution in [3.05, 3.63) is 59.7 Å². The van der Waals surface area contributed by atoms with Crippen LogP contribution in [0.5, 0.6) is 0 Å². The summed E-state index contributed by atoms with van der Waals surface area (Å²) in [5.41, 5.74) is 2.57. The predicted octanol–water partition coefficient (Wildman–Crippen LogP) is 3.03. The van der Waals surface area contributed by atoms with Gasteiger partial charge in [0.25, 0.3) is 0 Å². The average molecular weight is 559 g/mol. The number of rotatable bonds is 19. The van der Waals surface area contributed by atoms with E-state index in [0.29, 0.717) is 75.8 Å². The molecule has 2 aromatic carbocycles. The summed E-state index contributed by atoms with van der Waals surface area (Å²) in [6, 6.07) is 14.2. The van der Waals surface area contributed by atoms with Crippen LogP contribution in [0.2, 0.25) is 0 Å². The molecule has 2 heterocycles. The van der Waals surface area contributed by atoms with Crippen molar-refractivity contribution >= 4 is 11.9 Å².